The van der Waals surface area contributed by atoms with Gasteiger partial charge in [-0.3, -0.25) is 0 Å². The summed E-state index contributed by atoms with van der Waals surface area (Å²) >= 11 is 0. The van der Waals surface area contributed by atoms with Crippen molar-refractivity contribution in [1.29, 1.82) is 0 Å². The Kier molecular flexibility index (Phi) is 2.27. The van der Waals surface area contributed by atoms with Gasteiger partial charge in [0.15, 0.2) is 0 Å². The number of hydrogen-bond donors (Lipinski definition) is 0. The van der Waals surface area contributed by atoms with Crippen LogP contribution in [-0.2, 0) is 6.54 Å². The highest BCUT2D eigenvalue weighted by molar-refractivity contribution is 5.89. The van der Waals surface area contributed by atoms with Crippen molar-refractivity contribution in [2.45, 2.75) is 6.54 Å². The summed E-state index contributed by atoms with van der Waals surface area (Å²) in [7, 11) is 0. The Morgan fingerprint density at radius 3 is 2.57 bits per heavy atom. The predicted molar refractivity (Wildman–Crippen MR) is 56.7 cm³/mol. The van der Waals surface area contributed by atoms with Gasteiger partial charge in [-0.25, -0.2) is 0 Å². The molecule has 0 saturated carbocycles. The highest BCUT2D eigenvalue weighted by atomic mass is 14.9. The summed E-state index contributed by atoms with van der Waals surface area (Å²) in [6.07, 6.45) is 0. The fraction of sp³-hybridized carbons (Fsp3) is 0.0833. The lowest BCUT2D eigenvalue weighted by atomic mass is 10.0. The Balaban J connectivity index is 2.77. The van der Waals surface area contributed by atoms with Crippen LogP contribution in [0.4, 0.5) is 0 Å². The van der Waals surface area contributed by atoms with Crippen molar-refractivity contribution in [2.75, 3.05) is 0 Å². The molecule has 0 amide bonds. The lowest BCUT2D eigenvalue weighted by Gasteiger charge is -2.05. The standard InChI is InChI=1S/C12H10N2/c1-9-4-2-5-10-6-3-7-11(8-14-13)12(9)10/h2-7H,1,8H2. The van der Waals surface area contributed by atoms with Gasteiger partial charge in [0, 0.05) is 0 Å². The van der Waals surface area contributed by atoms with E-state index in [4.69, 9.17) is 5.53 Å². The van der Waals surface area contributed by atoms with E-state index in [0.29, 0.717) is 6.54 Å². The topological polar surface area (TPSA) is 34.7 Å². The summed E-state index contributed by atoms with van der Waals surface area (Å²) in [5.41, 5.74) is 10.6. The van der Waals surface area contributed by atoms with Crippen molar-refractivity contribution >= 4 is 10.8 Å². The van der Waals surface area contributed by atoms with E-state index in [1.807, 2.05) is 36.4 Å². The summed E-state index contributed by atoms with van der Waals surface area (Å²) < 4.78 is 0. The van der Waals surface area contributed by atoms with E-state index >= 15 is 0 Å². The molecule has 0 fully saturated rings. The van der Waals surface area contributed by atoms with Crippen molar-refractivity contribution in [3.63, 3.8) is 0 Å². The Morgan fingerprint density at radius 2 is 1.86 bits per heavy atom. The van der Waals surface area contributed by atoms with Crippen LogP contribution < -0.4 is 5.53 Å². The van der Waals surface area contributed by atoms with Crippen LogP contribution in [0.1, 0.15) is 11.1 Å². The van der Waals surface area contributed by atoms with E-state index in [-0.39, 0.29) is 0 Å². The molecule has 2 heteroatoms. The molecule has 0 heterocycles. The maximum Gasteiger partial charge on any atom is 0.0878 e. The van der Waals surface area contributed by atoms with E-state index in [1.54, 1.807) is 0 Å². The molecule has 2 radical (unpaired) electrons. The Bertz CT molecular complexity index is 469. The van der Waals surface area contributed by atoms with Gasteiger partial charge in [-0.15, -0.1) is 0 Å². The van der Waals surface area contributed by atoms with Gasteiger partial charge in [-0.2, -0.15) is 5.11 Å². The second-order valence-electron chi connectivity index (χ2n) is 3.23. The smallest absolute Gasteiger partial charge is 0.0878 e. The second-order valence-corrected chi connectivity index (χ2v) is 3.23. The first kappa shape index (κ1) is 8.88. The fourth-order valence-electron chi connectivity index (χ4n) is 1.71. The first-order chi connectivity index (χ1) is 6.83. The van der Waals surface area contributed by atoms with Gasteiger partial charge in [0.25, 0.3) is 0 Å². The molecule has 2 rings (SSSR count). The van der Waals surface area contributed by atoms with Gasteiger partial charge in [-0.1, -0.05) is 36.4 Å². The lowest BCUT2D eigenvalue weighted by molar-refractivity contribution is 0.984. The molecule has 0 saturated heterocycles. The van der Waals surface area contributed by atoms with Crippen molar-refractivity contribution in [2.24, 2.45) is 5.11 Å². The zero-order valence-corrected chi connectivity index (χ0v) is 7.77. The van der Waals surface area contributed by atoms with Crippen LogP contribution in [0, 0.1) is 6.92 Å². The van der Waals surface area contributed by atoms with Gasteiger partial charge in [0.05, 0.1) is 6.54 Å². The first-order valence-electron chi connectivity index (χ1n) is 4.46. The minimum absolute atomic E-state index is 0.323. The van der Waals surface area contributed by atoms with Crippen LogP contribution in [0.15, 0.2) is 41.5 Å². The molecule has 0 aliphatic heterocycles. The monoisotopic (exact) mass is 182 g/mol. The van der Waals surface area contributed by atoms with Crippen LogP contribution in [0.25, 0.3) is 10.8 Å². The number of hydrogen-bond acceptors (Lipinski definition) is 1. The Labute approximate surface area is 83.1 Å². The fourth-order valence-corrected chi connectivity index (χ4v) is 1.71. The van der Waals surface area contributed by atoms with Crippen molar-refractivity contribution in [3.8, 4) is 0 Å². The molecule has 0 unspecified atom stereocenters. The predicted octanol–water partition coefficient (Wildman–Crippen LogP) is 2.77. The van der Waals surface area contributed by atoms with Crippen LogP contribution in [0.5, 0.6) is 0 Å². The zero-order valence-electron chi connectivity index (χ0n) is 7.77. The quantitative estimate of drug-likeness (QED) is 0.640. The molecule has 0 spiro atoms. The summed E-state index contributed by atoms with van der Waals surface area (Å²) in [5, 5.41) is 5.40. The van der Waals surface area contributed by atoms with Gasteiger partial charge in [0.2, 0.25) is 0 Å². The summed E-state index contributed by atoms with van der Waals surface area (Å²) in [4.78, 5) is 0. The number of benzene rings is 2. The molecule has 2 aromatic carbocycles. The van der Waals surface area contributed by atoms with E-state index in [1.165, 1.54) is 0 Å². The molecule has 2 aromatic rings. The average Bonchev–Trinajstić information content (AvgIpc) is 2.19. The molecule has 0 atom stereocenters. The SMILES string of the molecule is [CH2]c1cccc2cccc(CN=[N])c12. The summed E-state index contributed by atoms with van der Waals surface area (Å²) in [6.45, 7) is 4.29. The summed E-state index contributed by atoms with van der Waals surface area (Å²) in [6, 6.07) is 11.9. The first-order valence-corrected chi connectivity index (χ1v) is 4.46. The molecule has 14 heavy (non-hydrogen) atoms. The molecule has 0 aliphatic rings. The highest BCUT2D eigenvalue weighted by Gasteiger charge is 2.02. The van der Waals surface area contributed by atoms with Gasteiger partial charge < -0.3 is 0 Å². The minimum atomic E-state index is 0.323. The van der Waals surface area contributed by atoms with E-state index in [9.17, 15) is 0 Å². The third-order valence-corrected chi connectivity index (χ3v) is 2.32. The van der Waals surface area contributed by atoms with Crippen LogP contribution >= 0.6 is 0 Å². The van der Waals surface area contributed by atoms with E-state index in [2.05, 4.69) is 12.0 Å². The summed E-state index contributed by atoms with van der Waals surface area (Å²) in [5.74, 6) is 0. The molecular formula is C12H10N2. The normalized spacial score (nSPS) is 10.4. The zero-order chi connectivity index (χ0) is 9.97. The maximum absolute atomic E-state index is 8.57. The number of rotatable bonds is 2. The van der Waals surface area contributed by atoms with E-state index < -0.39 is 0 Å². The number of nitrogens with zero attached hydrogens (tertiary/aromatic N) is 2. The third kappa shape index (κ3) is 1.39. The number of fused-ring (bicyclic) bond motifs is 1. The average molecular weight is 182 g/mol. The van der Waals surface area contributed by atoms with E-state index in [0.717, 1.165) is 21.9 Å². The van der Waals surface area contributed by atoms with Crippen LogP contribution in [-0.4, -0.2) is 0 Å². The van der Waals surface area contributed by atoms with Crippen LogP contribution in [0.3, 0.4) is 0 Å². The van der Waals surface area contributed by atoms with Gasteiger partial charge in [0.1, 0.15) is 0 Å². The van der Waals surface area contributed by atoms with Crippen molar-refractivity contribution < 1.29 is 0 Å². The van der Waals surface area contributed by atoms with Crippen molar-refractivity contribution in [1.82, 2.24) is 5.53 Å². The third-order valence-electron chi connectivity index (χ3n) is 2.32. The molecular weight excluding hydrogens is 172 g/mol. The van der Waals surface area contributed by atoms with Crippen molar-refractivity contribution in [3.05, 3.63) is 54.4 Å². The Hall–Kier alpha value is -1.70. The maximum atomic E-state index is 8.57. The molecule has 68 valence electrons. The lowest BCUT2D eigenvalue weighted by Crippen LogP contribution is -1.87. The molecule has 2 nitrogen and oxygen atoms in total. The Morgan fingerprint density at radius 1 is 1.14 bits per heavy atom. The molecule has 0 aromatic heterocycles. The van der Waals surface area contributed by atoms with Gasteiger partial charge >= 0.3 is 0 Å². The molecule has 0 bridgehead atoms. The molecule has 0 N–H and O–H groups in total. The minimum Gasteiger partial charge on any atom is -0.163 e. The molecule has 0 aliphatic carbocycles. The highest BCUT2D eigenvalue weighted by Crippen LogP contribution is 2.22. The van der Waals surface area contributed by atoms with Gasteiger partial charge in [-0.05, 0) is 34.4 Å². The second kappa shape index (κ2) is 3.58. The largest absolute Gasteiger partial charge is 0.163 e. The van der Waals surface area contributed by atoms with Crippen LogP contribution in [0.2, 0.25) is 0 Å².